The molecule has 2 heterocycles. The molecule has 2 saturated heterocycles. The van der Waals surface area contributed by atoms with Gasteiger partial charge < -0.3 is 24.0 Å². The fourth-order valence-electron chi connectivity index (χ4n) is 4.72. The molecule has 6 nitrogen and oxygen atoms in total. The summed E-state index contributed by atoms with van der Waals surface area (Å²) in [7, 11) is 0. The smallest absolute Gasteiger partial charge is 0.227 e. The summed E-state index contributed by atoms with van der Waals surface area (Å²) >= 11 is 0. The molecule has 0 spiro atoms. The highest BCUT2D eigenvalue weighted by atomic mass is 19.1. The molecular weight excluding hydrogens is 447 g/mol. The number of benzene rings is 2. The van der Waals surface area contributed by atoms with Crippen LogP contribution in [0, 0.1) is 5.82 Å². The maximum atomic E-state index is 13.5. The fraction of sp³-hybridized carbons (Fsp3) is 0.536. The molecule has 0 N–H and O–H groups in total. The number of hydrogen-bond acceptors (Lipinski definition) is 5. The molecule has 4 rings (SSSR count). The highest BCUT2D eigenvalue weighted by Crippen LogP contribution is 2.22. The minimum absolute atomic E-state index is 0.0805. The lowest BCUT2D eigenvalue weighted by atomic mass is 10.0. The molecular formula is C28H37FN2O4. The van der Waals surface area contributed by atoms with Gasteiger partial charge in [0, 0.05) is 38.6 Å². The molecule has 2 fully saturated rings. The van der Waals surface area contributed by atoms with Crippen LogP contribution in [0.15, 0.2) is 48.5 Å². The predicted octanol–water partition coefficient (Wildman–Crippen LogP) is 4.41. The van der Waals surface area contributed by atoms with Gasteiger partial charge in [0.25, 0.3) is 0 Å². The first-order valence-corrected chi connectivity index (χ1v) is 12.8. The monoisotopic (exact) mass is 484 g/mol. The minimum atomic E-state index is -0.263. The summed E-state index contributed by atoms with van der Waals surface area (Å²) in [5.41, 5.74) is 1.91. The second kappa shape index (κ2) is 13.0. The molecule has 1 amide bonds. The van der Waals surface area contributed by atoms with E-state index in [4.69, 9.17) is 14.2 Å². The Bertz CT molecular complexity index is 908. The molecule has 0 aromatic heterocycles. The zero-order chi connectivity index (χ0) is 24.5. The van der Waals surface area contributed by atoms with Crippen LogP contribution in [0.25, 0.3) is 0 Å². The van der Waals surface area contributed by atoms with Gasteiger partial charge in [-0.2, -0.15) is 0 Å². The Kier molecular flexibility index (Phi) is 9.51. The van der Waals surface area contributed by atoms with E-state index in [9.17, 15) is 9.18 Å². The maximum Gasteiger partial charge on any atom is 0.227 e. The van der Waals surface area contributed by atoms with Crippen molar-refractivity contribution in [3.05, 3.63) is 65.5 Å². The van der Waals surface area contributed by atoms with Gasteiger partial charge in [0.05, 0.1) is 26.2 Å². The van der Waals surface area contributed by atoms with Gasteiger partial charge in [-0.3, -0.25) is 4.79 Å². The van der Waals surface area contributed by atoms with Crippen LogP contribution in [0.2, 0.25) is 0 Å². The van der Waals surface area contributed by atoms with Crippen molar-refractivity contribution in [2.75, 3.05) is 39.5 Å². The van der Waals surface area contributed by atoms with Gasteiger partial charge in [0.15, 0.2) is 6.29 Å². The zero-order valence-corrected chi connectivity index (χ0v) is 20.7. The number of nitrogens with zero attached hydrogens (tertiary/aromatic N) is 2. The largest absolute Gasteiger partial charge is 0.494 e. The number of carbonyl (C=O) groups is 1. The van der Waals surface area contributed by atoms with Crippen molar-refractivity contribution in [2.45, 2.75) is 57.9 Å². The first-order valence-electron chi connectivity index (χ1n) is 12.8. The Labute approximate surface area is 208 Å². The number of piperidine rings is 1. The average molecular weight is 485 g/mol. The third kappa shape index (κ3) is 7.75. The molecule has 0 aliphatic carbocycles. The molecule has 0 saturated carbocycles. The lowest BCUT2D eigenvalue weighted by Crippen LogP contribution is -2.48. The van der Waals surface area contributed by atoms with Crippen molar-refractivity contribution in [3.8, 4) is 5.75 Å². The lowest BCUT2D eigenvalue weighted by Gasteiger charge is -2.39. The molecule has 0 atom stereocenters. The maximum absolute atomic E-state index is 13.5. The number of likely N-dealkylation sites (tertiary alicyclic amines) is 1. The molecule has 2 aromatic carbocycles. The van der Waals surface area contributed by atoms with E-state index in [1.165, 1.54) is 12.1 Å². The van der Waals surface area contributed by atoms with Crippen molar-refractivity contribution >= 4 is 5.91 Å². The van der Waals surface area contributed by atoms with Gasteiger partial charge in [0.1, 0.15) is 11.6 Å². The predicted molar refractivity (Wildman–Crippen MR) is 133 cm³/mol. The summed E-state index contributed by atoms with van der Waals surface area (Å²) in [6.45, 7) is 7.43. The SMILES string of the molecule is CCCOc1ccc(CC(=O)N(Cc2ccc(F)cc2)C2CCN(CCC3OCCO3)CC2)cc1. The van der Waals surface area contributed by atoms with E-state index in [1.54, 1.807) is 12.1 Å². The highest BCUT2D eigenvalue weighted by Gasteiger charge is 2.29. The van der Waals surface area contributed by atoms with E-state index in [1.807, 2.05) is 29.2 Å². The minimum Gasteiger partial charge on any atom is -0.494 e. The van der Waals surface area contributed by atoms with Crippen LogP contribution in [-0.4, -0.2) is 67.5 Å². The van der Waals surface area contributed by atoms with Gasteiger partial charge in [0.2, 0.25) is 5.91 Å². The van der Waals surface area contributed by atoms with E-state index in [-0.39, 0.29) is 24.1 Å². The average Bonchev–Trinajstić information content (AvgIpc) is 3.41. The van der Waals surface area contributed by atoms with Gasteiger partial charge in [-0.05, 0) is 54.7 Å². The number of amides is 1. The highest BCUT2D eigenvalue weighted by molar-refractivity contribution is 5.79. The van der Waals surface area contributed by atoms with Crippen LogP contribution in [0.4, 0.5) is 4.39 Å². The Hall–Kier alpha value is -2.48. The molecule has 0 radical (unpaired) electrons. The van der Waals surface area contributed by atoms with E-state index in [0.29, 0.717) is 32.8 Å². The standard InChI is InChI=1S/C28H37FN2O4/c1-2-17-33-26-9-5-22(6-10-26)20-27(32)31(21-23-3-7-24(29)8-4-23)25-11-14-30(15-12-25)16-13-28-34-18-19-35-28/h3-10,25,28H,2,11-21H2,1H3. The Balaban J connectivity index is 1.37. The van der Waals surface area contributed by atoms with Crippen molar-refractivity contribution in [3.63, 3.8) is 0 Å². The molecule has 2 aromatic rings. The quantitative estimate of drug-likeness (QED) is 0.473. The summed E-state index contributed by atoms with van der Waals surface area (Å²) in [5.74, 6) is 0.662. The van der Waals surface area contributed by atoms with Crippen molar-refractivity contribution < 1.29 is 23.4 Å². The van der Waals surface area contributed by atoms with Crippen LogP contribution in [0.5, 0.6) is 5.75 Å². The molecule has 0 bridgehead atoms. The van der Waals surface area contributed by atoms with Crippen LogP contribution in [-0.2, 0) is 27.2 Å². The second-order valence-electron chi connectivity index (χ2n) is 9.35. The molecule has 35 heavy (non-hydrogen) atoms. The zero-order valence-electron chi connectivity index (χ0n) is 20.7. The van der Waals surface area contributed by atoms with Crippen molar-refractivity contribution in [1.29, 1.82) is 0 Å². The molecule has 7 heteroatoms. The molecule has 2 aliphatic rings. The van der Waals surface area contributed by atoms with Gasteiger partial charge >= 0.3 is 0 Å². The topological polar surface area (TPSA) is 51.2 Å². The molecule has 190 valence electrons. The third-order valence-corrected chi connectivity index (χ3v) is 6.71. The first-order chi connectivity index (χ1) is 17.1. The van der Waals surface area contributed by atoms with Gasteiger partial charge in [-0.1, -0.05) is 31.2 Å². The number of carbonyl (C=O) groups excluding carboxylic acids is 1. The molecule has 0 unspecified atom stereocenters. The normalized spacial score (nSPS) is 17.5. The van der Waals surface area contributed by atoms with E-state index >= 15 is 0 Å². The van der Waals surface area contributed by atoms with Crippen LogP contribution >= 0.6 is 0 Å². The number of rotatable bonds is 11. The summed E-state index contributed by atoms with van der Waals surface area (Å²) in [5, 5.41) is 0. The number of ether oxygens (including phenoxy) is 3. The Morgan fingerprint density at radius 3 is 2.34 bits per heavy atom. The molecule has 2 aliphatic heterocycles. The summed E-state index contributed by atoms with van der Waals surface area (Å²) in [6.07, 6.45) is 3.93. The van der Waals surface area contributed by atoms with E-state index in [2.05, 4.69) is 11.8 Å². The Morgan fingerprint density at radius 1 is 1.03 bits per heavy atom. The van der Waals surface area contributed by atoms with Crippen LogP contribution < -0.4 is 4.74 Å². The van der Waals surface area contributed by atoms with E-state index < -0.39 is 0 Å². The first kappa shape index (κ1) is 25.6. The summed E-state index contributed by atoms with van der Waals surface area (Å²) < 4.78 is 30.2. The van der Waals surface area contributed by atoms with Gasteiger partial charge in [-0.25, -0.2) is 4.39 Å². The van der Waals surface area contributed by atoms with Crippen LogP contribution in [0.1, 0.15) is 43.7 Å². The second-order valence-corrected chi connectivity index (χ2v) is 9.35. The third-order valence-electron chi connectivity index (χ3n) is 6.71. The van der Waals surface area contributed by atoms with Crippen LogP contribution in [0.3, 0.4) is 0 Å². The van der Waals surface area contributed by atoms with Crippen molar-refractivity contribution in [1.82, 2.24) is 9.80 Å². The van der Waals surface area contributed by atoms with E-state index in [0.717, 1.165) is 62.2 Å². The number of halogens is 1. The van der Waals surface area contributed by atoms with Crippen molar-refractivity contribution in [2.24, 2.45) is 0 Å². The fourth-order valence-corrected chi connectivity index (χ4v) is 4.72. The van der Waals surface area contributed by atoms with Gasteiger partial charge in [-0.15, -0.1) is 0 Å². The summed E-state index contributed by atoms with van der Waals surface area (Å²) in [4.78, 5) is 17.9. The number of hydrogen-bond donors (Lipinski definition) is 0. The lowest BCUT2D eigenvalue weighted by molar-refractivity contribution is -0.134. The summed E-state index contributed by atoms with van der Waals surface area (Å²) in [6, 6.07) is 14.4. The Morgan fingerprint density at radius 2 is 1.69 bits per heavy atom.